The van der Waals surface area contributed by atoms with Gasteiger partial charge in [0.15, 0.2) is 17.6 Å². The number of aromatic nitrogens is 3. The molecule has 2 atom stereocenters. The third-order valence-corrected chi connectivity index (χ3v) is 6.16. The van der Waals surface area contributed by atoms with Crippen LogP contribution in [0.1, 0.15) is 11.3 Å². The Labute approximate surface area is 210 Å². The van der Waals surface area contributed by atoms with E-state index in [9.17, 15) is 4.21 Å². The van der Waals surface area contributed by atoms with Crippen molar-refractivity contribution < 1.29 is 48.0 Å². The van der Waals surface area contributed by atoms with E-state index in [0.717, 1.165) is 22.3 Å². The Hall–Kier alpha value is -2.39. The zero-order valence-corrected chi connectivity index (χ0v) is 20.7. The van der Waals surface area contributed by atoms with Crippen molar-refractivity contribution in [2.45, 2.75) is 23.9 Å². The van der Waals surface area contributed by atoms with Gasteiger partial charge in [-0.25, -0.2) is 0 Å². The van der Waals surface area contributed by atoms with Gasteiger partial charge in [0.2, 0.25) is 0 Å². The number of rotatable bonds is 6. The average Bonchev–Trinajstić information content (AvgIpc) is 3.24. The fourth-order valence-electron chi connectivity index (χ4n) is 3.36. The third-order valence-electron chi connectivity index (χ3n) is 5.04. The molecule has 0 N–H and O–H groups in total. The van der Waals surface area contributed by atoms with Crippen LogP contribution >= 0.6 is 0 Å². The second-order valence-corrected chi connectivity index (χ2v) is 8.52. The van der Waals surface area contributed by atoms with Crippen LogP contribution in [0.5, 0.6) is 17.2 Å². The second kappa shape index (κ2) is 10.0. The molecule has 1 aliphatic rings. The van der Waals surface area contributed by atoms with Crippen molar-refractivity contribution in [3.63, 3.8) is 0 Å². The number of fused-ring (bicyclic) bond motifs is 2. The number of hydrogen-bond donors (Lipinski definition) is 0. The SMILES string of the molecule is Cc1c(OCC2COc3ccccc3O2)ccnc1CS(=O)c1nc2ccccc2[n-]1.[Na+]. The first kappa shape index (κ1) is 22.8. The number of hydrogen-bond acceptors (Lipinski definition) is 6. The molecule has 4 aromatic rings. The minimum absolute atomic E-state index is 0. The number of para-hydroxylation sites is 4. The Bertz CT molecular complexity index is 1230. The van der Waals surface area contributed by atoms with Crippen LogP contribution in [0.2, 0.25) is 0 Å². The Morgan fingerprint density at radius 3 is 2.75 bits per heavy atom. The van der Waals surface area contributed by atoms with Gasteiger partial charge in [0, 0.05) is 16.9 Å². The number of imidazole rings is 1. The van der Waals surface area contributed by atoms with Crippen LogP contribution in [0.3, 0.4) is 0 Å². The molecule has 1 aliphatic heterocycles. The average molecular weight is 457 g/mol. The molecule has 0 bridgehead atoms. The summed E-state index contributed by atoms with van der Waals surface area (Å²) in [7, 11) is -1.40. The maximum atomic E-state index is 12.8. The Morgan fingerprint density at radius 2 is 1.91 bits per heavy atom. The fourth-order valence-corrected chi connectivity index (χ4v) is 4.43. The molecule has 2 aromatic carbocycles. The van der Waals surface area contributed by atoms with E-state index in [0.29, 0.717) is 35.6 Å². The summed E-state index contributed by atoms with van der Waals surface area (Å²) in [6.07, 6.45) is 1.44. The van der Waals surface area contributed by atoms with Crippen molar-refractivity contribution in [3.05, 3.63) is 72.1 Å². The second-order valence-electron chi connectivity index (χ2n) is 7.17. The van der Waals surface area contributed by atoms with Crippen LogP contribution < -0.4 is 48.8 Å². The molecule has 2 aromatic heterocycles. The summed E-state index contributed by atoms with van der Waals surface area (Å²) in [5.41, 5.74) is 3.01. The van der Waals surface area contributed by atoms with E-state index in [1.807, 2.05) is 55.5 Å². The molecule has 7 nitrogen and oxygen atoms in total. The summed E-state index contributed by atoms with van der Waals surface area (Å²) in [6.45, 7) is 2.66. The summed E-state index contributed by atoms with van der Waals surface area (Å²) in [4.78, 5) is 13.2. The van der Waals surface area contributed by atoms with Gasteiger partial charge in [-0.2, -0.15) is 0 Å². The van der Waals surface area contributed by atoms with E-state index in [-0.39, 0.29) is 41.4 Å². The Kier molecular flexibility index (Phi) is 7.15. The van der Waals surface area contributed by atoms with Gasteiger partial charge in [-0.05, 0) is 36.2 Å². The van der Waals surface area contributed by atoms with Gasteiger partial charge in [0.25, 0.3) is 0 Å². The smallest absolute Gasteiger partial charge is 0.489 e. The summed E-state index contributed by atoms with van der Waals surface area (Å²) in [5.74, 6) is 2.35. The molecule has 0 amide bonds. The summed E-state index contributed by atoms with van der Waals surface area (Å²) in [5, 5.41) is 0.320. The largest absolute Gasteiger partial charge is 1.00 e. The number of benzene rings is 2. The van der Waals surface area contributed by atoms with E-state index in [1.165, 1.54) is 0 Å². The molecule has 0 radical (unpaired) electrons. The molecule has 0 saturated heterocycles. The zero-order valence-electron chi connectivity index (χ0n) is 17.9. The van der Waals surface area contributed by atoms with E-state index >= 15 is 0 Å². The molecule has 3 heterocycles. The molecule has 158 valence electrons. The van der Waals surface area contributed by atoms with Crippen molar-refractivity contribution in [1.82, 2.24) is 15.0 Å². The molecule has 0 fully saturated rings. The van der Waals surface area contributed by atoms with E-state index in [4.69, 9.17) is 14.2 Å². The van der Waals surface area contributed by atoms with Gasteiger partial charge in [-0.15, -0.1) is 0 Å². The molecule has 32 heavy (non-hydrogen) atoms. The van der Waals surface area contributed by atoms with E-state index < -0.39 is 10.8 Å². The van der Waals surface area contributed by atoms with Crippen LogP contribution in [0.25, 0.3) is 11.0 Å². The van der Waals surface area contributed by atoms with Crippen molar-refractivity contribution in [1.29, 1.82) is 0 Å². The van der Waals surface area contributed by atoms with E-state index in [1.54, 1.807) is 12.3 Å². The third kappa shape index (κ3) is 4.83. The van der Waals surface area contributed by atoms with Gasteiger partial charge >= 0.3 is 29.6 Å². The van der Waals surface area contributed by atoms with E-state index in [2.05, 4.69) is 15.0 Å². The van der Waals surface area contributed by atoms with Crippen LogP contribution in [0.4, 0.5) is 0 Å². The quantitative estimate of drug-likeness (QED) is 0.388. The molecular formula is C23H20N3NaO4S. The van der Waals surface area contributed by atoms with Crippen LogP contribution in [-0.4, -0.2) is 33.5 Å². The molecule has 0 spiro atoms. The molecule has 9 heteroatoms. The van der Waals surface area contributed by atoms with Crippen LogP contribution in [0.15, 0.2) is 66.0 Å². The normalized spacial score (nSPS) is 15.7. The summed E-state index contributed by atoms with van der Waals surface area (Å²) < 4.78 is 30.5. The van der Waals surface area contributed by atoms with Crippen molar-refractivity contribution >= 4 is 21.8 Å². The minimum Gasteiger partial charge on any atom is -0.489 e. The van der Waals surface area contributed by atoms with Crippen molar-refractivity contribution in [2.24, 2.45) is 0 Å². The maximum absolute atomic E-state index is 12.8. The van der Waals surface area contributed by atoms with Gasteiger partial charge in [-0.3, -0.25) is 9.19 Å². The topological polar surface area (TPSA) is 84.6 Å². The van der Waals surface area contributed by atoms with Gasteiger partial charge < -0.3 is 24.2 Å². The summed E-state index contributed by atoms with van der Waals surface area (Å²) in [6, 6.07) is 16.9. The number of pyridine rings is 1. The molecular weight excluding hydrogens is 437 g/mol. The molecule has 2 unspecified atom stereocenters. The molecule has 5 rings (SSSR count). The van der Waals surface area contributed by atoms with Crippen molar-refractivity contribution in [3.8, 4) is 17.2 Å². The predicted molar refractivity (Wildman–Crippen MR) is 116 cm³/mol. The Morgan fingerprint density at radius 1 is 1.12 bits per heavy atom. The Balaban J connectivity index is 0.00000245. The van der Waals surface area contributed by atoms with Crippen LogP contribution in [0, 0.1) is 6.92 Å². The number of nitrogens with zero attached hydrogens (tertiary/aromatic N) is 3. The van der Waals surface area contributed by atoms with Gasteiger partial charge in [-0.1, -0.05) is 36.4 Å². The van der Waals surface area contributed by atoms with Gasteiger partial charge in [0.05, 0.1) is 22.2 Å². The monoisotopic (exact) mass is 457 g/mol. The van der Waals surface area contributed by atoms with Crippen LogP contribution in [-0.2, 0) is 16.6 Å². The summed E-state index contributed by atoms with van der Waals surface area (Å²) >= 11 is 0. The van der Waals surface area contributed by atoms with Gasteiger partial charge in [0.1, 0.15) is 19.0 Å². The first-order valence-electron chi connectivity index (χ1n) is 9.91. The maximum Gasteiger partial charge on any atom is 1.00 e. The minimum atomic E-state index is -1.40. The first-order chi connectivity index (χ1) is 15.2. The first-order valence-corrected chi connectivity index (χ1v) is 11.2. The predicted octanol–water partition coefficient (Wildman–Crippen LogP) is 0.426. The standard InChI is InChI=1S/C23H20N3O4S.Na/c1-15-19(14-31(27)23-25-17-6-2-3-7-18(17)26-23)24-11-10-20(15)28-12-16-13-29-21-8-4-5-9-22(21)30-16;/h2-11,16H,12-14H2,1H3;/q-1;+1. The van der Waals surface area contributed by atoms with Crippen molar-refractivity contribution in [2.75, 3.05) is 13.2 Å². The molecule has 0 aliphatic carbocycles. The number of ether oxygens (including phenoxy) is 3. The zero-order chi connectivity index (χ0) is 21.2. The molecule has 0 saturated carbocycles. The fraction of sp³-hybridized carbons (Fsp3) is 0.217.